The van der Waals surface area contributed by atoms with Crippen LogP contribution < -0.4 is 16.6 Å². The Labute approximate surface area is 62.0 Å². The number of anilines is 1. The standard InChI is InChI=1S/C4H6N6O/c5-9-4(11)8-3-6-1-2-7-10-3/h1-2H,5H2,(H2,6,8,9,10,11). The molecule has 1 heterocycles. The Bertz CT molecular complexity index is 236. The van der Waals surface area contributed by atoms with Gasteiger partial charge in [0.1, 0.15) is 0 Å². The van der Waals surface area contributed by atoms with Gasteiger partial charge in [0, 0.05) is 0 Å². The number of aromatic nitrogens is 3. The van der Waals surface area contributed by atoms with E-state index in [4.69, 9.17) is 5.84 Å². The minimum atomic E-state index is -0.585. The molecule has 7 nitrogen and oxygen atoms in total. The van der Waals surface area contributed by atoms with Crippen molar-refractivity contribution in [2.75, 3.05) is 5.32 Å². The SMILES string of the molecule is NNC(=O)Nc1nccnn1. The Morgan fingerprint density at radius 2 is 2.36 bits per heavy atom. The Morgan fingerprint density at radius 3 is 2.91 bits per heavy atom. The van der Waals surface area contributed by atoms with E-state index < -0.39 is 6.03 Å². The number of carbonyl (C=O) groups excluding carboxylic acids is 1. The van der Waals surface area contributed by atoms with Crippen LogP contribution in [0.2, 0.25) is 0 Å². The van der Waals surface area contributed by atoms with Crippen LogP contribution in [0.15, 0.2) is 12.4 Å². The fourth-order valence-electron chi connectivity index (χ4n) is 0.442. The zero-order valence-electron chi connectivity index (χ0n) is 5.48. The van der Waals surface area contributed by atoms with Crippen molar-refractivity contribution in [3.8, 4) is 0 Å². The molecule has 0 spiro atoms. The van der Waals surface area contributed by atoms with E-state index in [1.165, 1.54) is 12.4 Å². The molecule has 1 aromatic rings. The second-order valence-corrected chi connectivity index (χ2v) is 1.56. The summed E-state index contributed by atoms with van der Waals surface area (Å²) in [6.07, 6.45) is 2.80. The maximum atomic E-state index is 10.5. The molecule has 1 rings (SSSR count). The zero-order valence-corrected chi connectivity index (χ0v) is 5.48. The van der Waals surface area contributed by atoms with E-state index in [9.17, 15) is 4.79 Å². The Kier molecular flexibility index (Phi) is 2.28. The Hall–Kier alpha value is -1.76. The fraction of sp³-hybridized carbons (Fsp3) is 0. The molecule has 0 unspecified atom stereocenters. The summed E-state index contributed by atoms with van der Waals surface area (Å²) in [4.78, 5) is 14.2. The smallest absolute Gasteiger partial charge is 0.276 e. The number of nitrogens with zero attached hydrogens (tertiary/aromatic N) is 3. The van der Waals surface area contributed by atoms with E-state index in [0.717, 1.165) is 0 Å². The highest BCUT2D eigenvalue weighted by molar-refractivity contribution is 5.86. The van der Waals surface area contributed by atoms with Gasteiger partial charge in [0.2, 0.25) is 0 Å². The molecule has 0 aliphatic heterocycles. The molecule has 58 valence electrons. The van der Waals surface area contributed by atoms with Gasteiger partial charge in [0.25, 0.3) is 5.95 Å². The molecule has 0 aliphatic carbocycles. The van der Waals surface area contributed by atoms with Gasteiger partial charge in [-0.3, -0.25) is 10.7 Å². The van der Waals surface area contributed by atoms with Crippen molar-refractivity contribution in [3.05, 3.63) is 12.4 Å². The molecular formula is C4H6N6O. The zero-order chi connectivity index (χ0) is 8.10. The monoisotopic (exact) mass is 154 g/mol. The van der Waals surface area contributed by atoms with Crippen LogP contribution in [-0.4, -0.2) is 21.2 Å². The van der Waals surface area contributed by atoms with Crippen LogP contribution in [-0.2, 0) is 0 Å². The number of urea groups is 1. The van der Waals surface area contributed by atoms with Gasteiger partial charge < -0.3 is 0 Å². The van der Waals surface area contributed by atoms with E-state index >= 15 is 0 Å². The fourth-order valence-corrected chi connectivity index (χ4v) is 0.442. The summed E-state index contributed by atoms with van der Waals surface area (Å²) in [6.45, 7) is 0. The minimum absolute atomic E-state index is 0.107. The molecule has 2 amide bonds. The van der Waals surface area contributed by atoms with Crippen LogP contribution in [0.1, 0.15) is 0 Å². The van der Waals surface area contributed by atoms with Crippen LogP contribution in [0.5, 0.6) is 0 Å². The molecule has 0 radical (unpaired) electrons. The molecule has 0 saturated carbocycles. The summed E-state index contributed by atoms with van der Waals surface area (Å²) in [5, 5.41) is 9.19. The highest BCUT2D eigenvalue weighted by atomic mass is 16.2. The lowest BCUT2D eigenvalue weighted by atomic mass is 10.8. The predicted octanol–water partition coefficient (Wildman–Crippen LogP) is -1.13. The quantitative estimate of drug-likeness (QED) is 0.269. The summed E-state index contributed by atoms with van der Waals surface area (Å²) in [5.74, 6) is 4.89. The number of nitrogens with one attached hydrogen (secondary N) is 2. The number of nitrogens with two attached hydrogens (primary N) is 1. The normalized spacial score (nSPS) is 8.82. The van der Waals surface area contributed by atoms with Gasteiger partial charge in [0.15, 0.2) is 0 Å². The van der Waals surface area contributed by atoms with Gasteiger partial charge in [-0.2, -0.15) is 5.10 Å². The molecule has 0 aliphatic rings. The lowest BCUT2D eigenvalue weighted by molar-refractivity contribution is 0.252. The van der Waals surface area contributed by atoms with Crippen molar-refractivity contribution in [1.82, 2.24) is 20.6 Å². The van der Waals surface area contributed by atoms with Crippen molar-refractivity contribution in [2.24, 2.45) is 5.84 Å². The lowest BCUT2D eigenvalue weighted by Crippen LogP contribution is -2.34. The van der Waals surface area contributed by atoms with Crippen LogP contribution in [0.3, 0.4) is 0 Å². The van der Waals surface area contributed by atoms with E-state index in [-0.39, 0.29) is 5.95 Å². The number of hydrogen-bond donors (Lipinski definition) is 3. The average molecular weight is 154 g/mol. The number of rotatable bonds is 1. The van der Waals surface area contributed by atoms with Crippen molar-refractivity contribution < 1.29 is 4.79 Å². The molecule has 0 aromatic carbocycles. The number of hydrazine groups is 1. The first-order valence-electron chi connectivity index (χ1n) is 2.74. The highest BCUT2D eigenvalue weighted by Gasteiger charge is 1.98. The second-order valence-electron chi connectivity index (χ2n) is 1.56. The van der Waals surface area contributed by atoms with Gasteiger partial charge in [-0.15, -0.1) is 5.10 Å². The topological polar surface area (TPSA) is 106 Å². The number of amides is 2. The predicted molar refractivity (Wildman–Crippen MR) is 36.2 cm³/mol. The summed E-state index contributed by atoms with van der Waals surface area (Å²) in [7, 11) is 0. The van der Waals surface area contributed by atoms with Gasteiger partial charge in [-0.25, -0.2) is 15.6 Å². The van der Waals surface area contributed by atoms with Gasteiger partial charge in [0.05, 0.1) is 12.4 Å². The largest absolute Gasteiger partial charge is 0.335 e. The van der Waals surface area contributed by atoms with E-state index in [1.54, 1.807) is 0 Å². The Balaban J connectivity index is 2.58. The van der Waals surface area contributed by atoms with Crippen LogP contribution in [0, 0.1) is 0 Å². The molecule has 1 aromatic heterocycles. The first-order chi connectivity index (χ1) is 5.33. The summed E-state index contributed by atoms with van der Waals surface area (Å²) >= 11 is 0. The third kappa shape index (κ3) is 2.14. The molecule has 0 atom stereocenters. The summed E-state index contributed by atoms with van der Waals surface area (Å²) < 4.78 is 0. The van der Waals surface area contributed by atoms with Gasteiger partial charge in [-0.05, 0) is 0 Å². The molecule has 7 heteroatoms. The molecular weight excluding hydrogens is 148 g/mol. The molecule has 0 fully saturated rings. The molecule has 0 saturated heterocycles. The van der Waals surface area contributed by atoms with Crippen molar-refractivity contribution in [1.29, 1.82) is 0 Å². The number of hydrogen-bond acceptors (Lipinski definition) is 5. The van der Waals surface area contributed by atoms with Gasteiger partial charge >= 0.3 is 6.03 Å². The summed E-state index contributed by atoms with van der Waals surface area (Å²) in [6, 6.07) is -0.585. The van der Waals surface area contributed by atoms with Crippen LogP contribution >= 0.6 is 0 Å². The number of carbonyl (C=O) groups is 1. The second kappa shape index (κ2) is 3.42. The van der Waals surface area contributed by atoms with Crippen molar-refractivity contribution in [3.63, 3.8) is 0 Å². The van der Waals surface area contributed by atoms with Crippen LogP contribution in [0.25, 0.3) is 0 Å². The first-order valence-corrected chi connectivity index (χ1v) is 2.74. The highest BCUT2D eigenvalue weighted by Crippen LogP contribution is 1.89. The molecule has 11 heavy (non-hydrogen) atoms. The molecule has 4 N–H and O–H groups in total. The van der Waals surface area contributed by atoms with Gasteiger partial charge in [-0.1, -0.05) is 0 Å². The first kappa shape index (κ1) is 7.35. The third-order valence-corrected chi connectivity index (χ3v) is 0.839. The minimum Gasteiger partial charge on any atom is -0.276 e. The Morgan fingerprint density at radius 1 is 1.55 bits per heavy atom. The summed E-state index contributed by atoms with van der Waals surface area (Å²) in [5.41, 5.74) is 1.86. The van der Waals surface area contributed by atoms with Crippen molar-refractivity contribution >= 4 is 12.0 Å². The third-order valence-electron chi connectivity index (χ3n) is 0.839. The van der Waals surface area contributed by atoms with Crippen molar-refractivity contribution in [2.45, 2.75) is 0 Å². The molecule has 0 bridgehead atoms. The maximum absolute atomic E-state index is 10.5. The lowest BCUT2D eigenvalue weighted by Gasteiger charge is -1.98. The van der Waals surface area contributed by atoms with Crippen LogP contribution in [0.4, 0.5) is 10.7 Å². The average Bonchev–Trinajstić information content (AvgIpc) is 2.06. The maximum Gasteiger partial charge on any atom is 0.335 e. The van der Waals surface area contributed by atoms with E-state index in [1.807, 2.05) is 5.43 Å². The van der Waals surface area contributed by atoms with E-state index in [2.05, 4.69) is 20.5 Å². The van der Waals surface area contributed by atoms with E-state index in [0.29, 0.717) is 0 Å².